The van der Waals surface area contributed by atoms with Gasteiger partial charge < -0.3 is 70.5 Å². The van der Waals surface area contributed by atoms with Gasteiger partial charge in [-0.2, -0.15) is 0 Å². The van der Waals surface area contributed by atoms with Gasteiger partial charge in [-0.25, -0.2) is 4.98 Å². The standard InChI is InChI=1S/C45H63N15O8/c1-2-3-13-30(46)39(63)56-33(16-17-37(47)61)42(66)60-36(21-28-23-51-25-55-28)44(68)58-34(19-26-10-5-4-6-11-26)43(67)57-32(15-9-18-52-45(49)50)41(65)59-35(40(64)54-24-38(48)62)20-27-22-53-31-14-8-7-12-29(27)31/h4-8,10-12,14,22-23,25,30,32-36,53H,2-3,9,13,15-21,24,46H2,1H3,(H2,47,61)(H2,48,62)(H,51,55)(H,54,64)(H,56,63)(H,57,67)(H,58,68)(H,59,65)(H,60,66)(H4,49,50,52)/t30-,32-,33-,34+,35+,36-/m0/s1. The normalized spacial score (nSPS) is 13.6. The molecule has 2 heterocycles. The molecule has 0 aliphatic carbocycles. The number of H-pyrrole nitrogens is 2. The number of primary amides is 2. The number of benzene rings is 2. The van der Waals surface area contributed by atoms with E-state index in [2.05, 4.69) is 51.8 Å². The van der Waals surface area contributed by atoms with Crippen LogP contribution >= 0.6 is 0 Å². The van der Waals surface area contributed by atoms with Crippen LogP contribution in [0.4, 0.5) is 0 Å². The first-order chi connectivity index (χ1) is 32.5. The molecule has 18 N–H and O–H groups in total. The first kappa shape index (κ1) is 52.8. The van der Waals surface area contributed by atoms with Crippen molar-refractivity contribution in [1.82, 2.24) is 46.9 Å². The molecule has 0 saturated heterocycles. The average molecular weight is 942 g/mol. The summed E-state index contributed by atoms with van der Waals surface area (Å²) in [6.45, 7) is 1.50. The third-order valence-corrected chi connectivity index (χ3v) is 10.8. The van der Waals surface area contributed by atoms with Crippen LogP contribution in [-0.2, 0) is 57.6 Å². The zero-order chi connectivity index (χ0) is 49.6. The van der Waals surface area contributed by atoms with E-state index < -0.39 is 90.1 Å². The molecular formula is C45H63N15O8. The lowest BCUT2D eigenvalue weighted by Gasteiger charge is -2.27. The number of aliphatic imine (C=N–C) groups is 1. The molecule has 0 spiro atoms. The lowest BCUT2D eigenvalue weighted by atomic mass is 10.0. The van der Waals surface area contributed by atoms with Crippen molar-refractivity contribution in [2.75, 3.05) is 13.1 Å². The number of guanidine groups is 1. The Balaban J connectivity index is 1.64. The van der Waals surface area contributed by atoms with Crippen LogP contribution in [0.25, 0.3) is 10.9 Å². The minimum absolute atomic E-state index is 0.0239. The molecule has 6 atom stereocenters. The molecule has 23 nitrogen and oxygen atoms in total. The highest BCUT2D eigenvalue weighted by molar-refractivity contribution is 5.97. The number of rotatable bonds is 29. The molecular weight excluding hydrogens is 879 g/mol. The molecule has 0 aliphatic heterocycles. The highest BCUT2D eigenvalue weighted by Gasteiger charge is 2.34. The van der Waals surface area contributed by atoms with Crippen molar-refractivity contribution in [1.29, 1.82) is 0 Å². The second-order valence-electron chi connectivity index (χ2n) is 16.2. The van der Waals surface area contributed by atoms with Gasteiger partial charge in [0.25, 0.3) is 0 Å². The van der Waals surface area contributed by atoms with Crippen molar-refractivity contribution >= 4 is 64.1 Å². The van der Waals surface area contributed by atoms with E-state index in [-0.39, 0.29) is 57.5 Å². The molecule has 0 unspecified atom stereocenters. The largest absolute Gasteiger partial charge is 0.370 e. The molecule has 4 aromatic rings. The molecule has 0 radical (unpaired) electrons. The SMILES string of the molecule is CCCC[C@H](N)C(=O)N[C@@H](CCC(N)=O)C(=O)N[C@@H](Cc1cnc[nH]1)C(=O)N[C@H](Cc1ccccc1)C(=O)N[C@@H](CCCN=C(N)N)C(=O)N[C@H](Cc1c[nH]c2ccccc12)C(=O)NCC(N)=O. The minimum Gasteiger partial charge on any atom is -0.370 e. The van der Waals surface area contributed by atoms with Crippen LogP contribution in [0.1, 0.15) is 68.7 Å². The molecule has 0 bridgehead atoms. The fourth-order valence-corrected chi connectivity index (χ4v) is 7.16. The van der Waals surface area contributed by atoms with Crippen molar-refractivity contribution in [2.45, 2.75) is 107 Å². The number of aromatic nitrogens is 3. The molecule has 366 valence electrons. The van der Waals surface area contributed by atoms with Crippen molar-refractivity contribution in [2.24, 2.45) is 33.7 Å². The Morgan fingerprint density at radius 3 is 1.84 bits per heavy atom. The first-order valence-electron chi connectivity index (χ1n) is 22.3. The topological polar surface area (TPSA) is 396 Å². The summed E-state index contributed by atoms with van der Waals surface area (Å²) in [5.41, 5.74) is 30.3. The van der Waals surface area contributed by atoms with E-state index in [1.165, 1.54) is 12.5 Å². The van der Waals surface area contributed by atoms with Crippen LogP contribution < -0.4 is 60.6 Å². The van der Waals surface area contributed by atoms with Gasteiger partial charge in [0.05, 0.1) is 18.9 Å². The summed E-state index contributed by atoms with van der Waals surface area (Å²) >= 11 is 0. The van der Waals surface area contributed by atoms with Gasteiger partial charge in [-0.05, 0) is 42.9 Å². The molecule has 0 aliphatic rings. The Hall–Kier alpha value is -7.82. The number of carbonyl (C=O) groups is 8. The predicted molar refractivity (Wildman–Crippen MR) is 252 cm³/mol. The molecule has 23 heteroatoms. The van der Waals surface area contributed by atoms with Gasteiger partial charge in [0.1, 0.15) is 30.2 Å². The lowest BCUT2D eigenvalue weighted by Crippen LogP contribution is -2.60. The smallest absolute Gasteiger partial charge is 0.243 e. The number of amides is 8. The molecule has 68 heavy (non-hydrogen) atoms. The van der Waals surface area contributed by atoms with Gasteiger partial charge in [0.15, 0.2) is 5.96 Å². The number of nitrogens with two attached hydrogens (primary N) is 5. The van der Waals surface area contributed by atoms with Crippen molar-refractivity contribution < 1.29 is 38.4 Å². The Morgan fingerprint density at radius 2 is 1.22 bits per heavy atom. The second kappa shape index (κ2) is 27.0. The maximum Gasteiger partial charge on any atom is 0.243 e. The zero-order valence-electron chi connectivity index (χ0n) is 37.9. The Morgan fingerprint density at radius 1 is 0.632 bits per heavy atom. The fraction of sp³-hybridized carbons (Fsp3) is 0.422. The molecule has 2 aromatic carbocycles. The van der Waals surface area contributed by atoms with Crippen molar-refractivity contribution in [3.05, 3.63) is 90.1 Å². The summed E-state index contributed by atoms with van der Waals surface area (Å²) in [4.78, 5) is 121. The third-order valence-electron chi connectivity index (χ3n) is 10.8. The van der Waals surface area contributed by atoms with Gasteiger partial charge in [-0.3, -0.25) is 43.3 Å². The van der Waals surface area contributed by atoms with Gasteiger partial charge in [0.2, 0.25) is 47.3 Å². The van der Waals surface area contributed by atoms with Crippen molar-refractivity contribution in [3.63, 3.8) is 0 Å². The number of imidazole rings is 1. The molecule has 2 aromatic heterocycles. The lowest BCUT2D eigenvalue weighted by molar-refractivity contribution is -0.135. The summed E-state index contributed by atoms with van der Waals surface area (Å²) in [6, 6.07) is 8.41. The number of aromatic amines is 2. The zero-order valence-corrected chi connectivity index (χ0v) is 37.9. The van der Waals surface area contributed by atoms with E-state index in [9.17, 15) is 38.4 Å². The monoisotopic (exact) mass is 941 g/mol. The molecule has 4 rings (SSSR count). The van der Waals surface area contributed by atoms with Gasteiger partial charge in [0, 0.05) is 61.2 Å². The highest BCUT2D eigenvalue weighted by atomic mass is 16.2. The fourth-order valence-electron chi connectivity index (χ4n) is 7.16. The maximum atomic E-state index is 14.5. The summed E-state index contributed by atoms with van der Waals surface area (Å²) < 4.78 is 0. The van der Waals surface area contributed by atoms with E-state index >= 15 is 0 Å². The number of unbranched alkanes of at least 4 members (excludes halogenated alkanes) is 1. The number of carbonyl (C=O) groups excluding carboxylic acids is 8. The average Bonchev–Trinajstić information content (AvgIpc) is 3.99. The van der Waals surface area contributed by atoms with Crippen LogP contribution in [0, 0.1) is 0 Å². The number of nitrogens with zero attached hydrogens (tertiary/aromatic N) is 2. The van der Waals surface area contributed by atoms with Crippen LogP contribution in [0.2, 0.25) is 0 Å². The quantitative estimate of drug-likeness (QED) is 0.0157. The summed E-state index contributed by atoms with van der Waals surface area (Å²) in [7, 11) is 0. The maximum absolute atomic E-state index is 14.5. The third kappa shape index (κ3) is 17.5. The number of nitrogens with one attached hydrogen (secondary N) is 8. The van der Waals surface area contributed by atoms with Crippen LogP contribution in [0.15, 0.2) is 78.3 Å². The number of hydrogen-bond acceptors (Lipinski definition) is 11. The van der Waals surface area contributed by atoms with Crippen LogP contribution in [-0.4, -0.2) is 118 Å². The highest BCUT2D eigenvalue weighted by Crippen LogP contribution is 2.19. The van der Waals surface area contributed by atoms with Gasteiger partial charge >= 0.3 is 0 Å². The number of para-hydroxylation sites is 1. The second-order valence-corrected chi connectivity index (χ2v) is 16.2. The van der Waals surface area contributed by atoms with Gasteiger partial charge in [-0.15, -0.1) is 0 Å². The molecule has 0 saturated carbocycles. The van der Waals surface area contributed by atoms with Crippen LogP contribution in [0.3, 0.4) is 0 Å². The number of hydrogen-bond donors (Lipinski definition) is 13. The van der Waals surface area contributed by atoms with E-state index in [1.807, 2.05) is 31.2 Å². The van der Waals surface area contributed by atoms with E-state index in [4.69, 9.17) is 28.7 Å². The molecule has 8 amide bonds. The predicted octanol–water partition coefficient (Wildman–Crippen LogP) is -2.22. The minimum atomic E-state index is -1.39. The van der Waals surface area contributed by atoms with E-state index in [0.29, 0.717) is 29.7 Å². The van der Waals surface area contributed by atoms with Crippen molar-refractivity contribution in [3.8, 4) is 0 Å². The summed E-state index contributed by atoms with van der Waals surface area (Å²) in [5, 5.41) is 16.7. The Kier molecular flexibility index (Phi) is 20.9. The first-order valence-corrected chi connectivity index (χ1v) is 22.3. The van der Waals surface area contributed by atoms with E-state index in [1.54, 1.807) is 36.5 Å². The number of fused-ring (bicyclic) bond motifs is 1. The van der Waals surface area contributed by atoms with E-state index in [0.717, 1.165) is 17.3 Å². The summed E-state index contributed by atoms with van der Waals surface area (Å²) in [5.74, 6) is -6.34. The Bertz CT molecular complexity index is 2350. The summed E-state index contributed by atoms with van der Waals surface area (Å²) in [6.07, 6.45) is 5.68. The van der Waals surface area contributed by atoms with Gasteiger partial charge in [-0.1, -0.05) is 68.3 Å². The molecule has 0 fully saturated rings. The Labute approximate surface area is 392 Å². The van der Waals surface area contributed by atoms with Crippen LogP contribution in [0.5, 0.6) is 0 Å².